The quantitative estimate of drug-likeness (QED) is 0.0279. The molecule has 3 fully saturated rings. The van der Waals surface area contributed by atoms with Gasteiger partial charge in [0.2, 0.25) is 5.92 Å². The van der Waals surface area contributed by atoms with Gasteiger partial charge in [-0.25, -0.2) is 57.1 Å². The average Bonchev–Trinajstić information content (AvgIpc) is 1.78. The van der Waals surface area contributed by atoms with Crippen LogP contribution in [0.3, 0.4) is 0 Å². The summed E-state index contributed by atoms with van der Waals surface area (Å²) in [6, 6.07) is 39.9. The van der Waals surface area contributed by atoms with E-state index in [0.717, 1.165) is 126 Å². The maximum Gasteiger partial charge on any atom is 0.248 e. The van der Waals surface area contributed by atoms with Crippen LogP contribution in [-0.4, -0.2) is 228 Å². The van der Waals surface area contributed by atoms with Crippen LogP contribution >= 0.6 is 0 Å². The van der Waals surface area contributed by atoms with Crippen molar-refractivity contribution in [2.45, 2.75) is 49.9 Å². The summed E-state index contributed by atoms with van der Waals surface area (Å²) in [6.07, 6.45) is 29.8. The molecule has 12 aromatic heterocycles. The summed E-state index contributed by atoms with van der Waals surface area (Å²) in [6.45, 7) is 2.74. The number of rotatable bonds is 25. The maximum atomic E-state index is 13.3. The molecule has 2 aliphatic carbocycles. The van der Waals surface area contributed by atoms with E-state index in [1.54, 1.807) is 56.0 Å². The molecule has 2 saturated carbocycles. The smallest absolute Gasteiger partial charge is 0.248 e. The molecule has 19 rings (SSSR count). The second kappa shape index (κ2) is 38.1. The van der Waals surface area contributed by atoms with E-state index in [4.69, 9.17) is 20.1 Å². The molecule has 0 unspecified atom stereocenters. The van der Waals surface area contributed by atoms with Crippen molar-refractivity contribution in [3.63, 3.8) is 0 Å². The monoisotopic (exact) mass is 1730 g/mol. The minimum Gasteiger partial charge on any atom is -0.394 e. The summed E-state index contributed by atoms with van der Waals surface area (Å²) in [5, 5.41) is 76.7. The van der Waals surface area contributed by atoms with Gasteiger partial charge in [0.05, 0.1) is 100 Å². The number of alkyl halides is 2. The van der Waals surface area contributed by atoms with Gasteiger partial charge < -0.3 is 36.6 Å². The molecule has 0 bridgehead atoms. The Kier molecular flexibility index (Phi) is 25.8. The minimum atomic E-state index is -2.89. The first-order chi connectivity index (χ1) is 61.3. The lowest BCUT2D eigenvalue weighted by molar-refractivity contribution is -0.106. The summed E-state index contributed by atoms with van der Waals surface area (Å²) >= 11 is 0. The number of nitrogens with zero attached hydrogens (tertiary/aromatic N) is 25. The van der Waals surface area contributed by atoms with Gasteiger partial charge in [0, 0.05) is 233 Å². The molecule has 3 aliphatic rings. The third kappa shape index (κ3) is 21.6. The van der Waals surface area contributed by atoms with Gasteiger partial charge in [0.1, 0.15) is 23.3 Å². The van der Waals surface area contributed by atoms with E-state index in [0.29, 0.717) is 78.2 Å². The largest absolute Gasteiger partial charge is 0.394 e. The van der Waals surface area contributed by atoms with Crippen LogP contribution in [0.1, 0.15) is 25.7 Å². The fraction of sp³-hybridized carbons (Fsp3) is 0.289. The van der Waals surface area contributed by atoms with Gasteiger partial charge >= 0.3 is 0 Å². The average molecular weight is 1740 g/mol. The zero-order chi connectivity index (χ0) is 88.5. The Hall–Kier alpha value is -14.3. The number of hydrogen-bond donors (Lipinski definition) is 7. The lowest BCUT2D eigenvalue weighted by Gasteiger charge is -2.35. The molecule has 0 spiro atoms. The number of aliphatic hydroxyl groups is 3. The lowest BCUT2D eigenvalue weighted by atomic mass is 9.81. The standard InChI is InChI=1S/C24H28N8O2S.C23H23F2N7.C22H23N7O.C21H23N7O2/c1-30-8-6-22(29-30)21-16-26-23(19-5-3-4-18(14-19)20-15-27-31(2)17-20)28-24(21)25-7-9-32-10-12-35(33,34)13-11-32;1-31-7-6-20(30-31)19-13-27-21(29-22(19)26-11-15-9-23(24,25)10-15)17-5-3-4-16(8-17)18-12-28-32(2)14-18;1-28-7-6-20(27-28)19-12-23-21(26-22(19)25-17-9-18(30)10-17)15-5-3-4-14(8-15)16-11-24-29(2)13-16;1-27-7-6-19(26-27)18-11-23-20(25-21(18)22-10-17(30)13-29)15-5-3-4-14(8-15)16-9-24-28(2)12-16/h3-6,8,14-17H,7,9-13H2,1-2H3,(H,25,26,28);3-8,12-15H,9-11H2,1-2H3,(H,26,27,29);3-8,11-13,17-18,30H,9-10H2,1-2H3,(H,23,25,26);3-9,11-12,17,29-30H,10,13H2,1-2H3,(H,22,23,25)/t;;;17-/m...1/s1. The number of aryl methyl sites for hydroxylation is 8. The molecule has 37 heteroatoms. The summed E-state index contributed by atoms with van der Waals surface area (Å²) in [7, 11) is 12.1. The van der Waals surface area contributed by atoms with Crippen LogP contribution in [0.15, 0.2) is 220 Å². The number of nitrogens with one attached hydrogen (secondary N) is 4. The molecular weight excluding hydrogens is 1640 g/mol. The van der Waals surface area contributed by atoms with E-state index < -0.39 is 21.9 Å². The van der Waals surface area contributed by atoms with Gasteiger partial charge in [0.15, 0.2) is 33.1 Å². The molecule has 0 radical (unpaired) electrons. The Balaban J connectivity index is 0.000000125. The maximum absolute atomic E-state index is 13.3. The van der Waals surface area contributed by atoms with Crippen LogP contribution in [-0.2, 0) is 66.2 Å². The van der Waals surface area contributed by atoms with Crippen molar-refractivity contribution in [3.8, 4) is 135 Å². The summed E-state index contributed by atoms with van der Waals surface area (Å²) in [5.74, 6) is 2.74. The highest BCUT2D eigenvalue weighted by atomic mass is 32.2. The van der Waals surface area contributed by atoms with Crippen LogP contribution in [0.2, 0.25) is 0 Å². The highest BCUT2D eigenvalue weighted by Crippen LogP contribution is 2.43. The van der Waals surface area contributed by atoms with Crippen LogP contribution in [0.4, 0.5) is 32.1 Å². The molecule has 0 amide bonds. The Morgan fingerprint density at radius 1 is 0.433 bits per heavy atom. The van der Waals surface area contributed by atoms with Crippen molar-refractivity contribution in [1.82, 2.24) is 123 Å². The zero-order valence-corrected chi connectivity index (χ0v) is 72.1. The first kappa shape index (κ1) is 86.3. The number of benzene rings is 4. The molecule has 7 N–H and O–H groups in total. The first-order valence-corrected chi connectivity index (χ1v) is 43.2. The van der Waals surface area contributed by atoms with Gasteiger partial charge in [-0.3, -0.25) is 42.4 Å². The molecule has 652 valence electrons. The number of halogens is 2. The SMILES string of the molecule is Cn1cc(-c2cccc(-c3ncc(-c4ccn(C)n4)c(NC4CC(O)C4)n3)c2)cn1.Cn1cc(-c2cccc(-c3ncc(-c4ccn(C)n4)c(NCC4CC(F)(F)C4)n3)c2)cn1.Cn1cc(-c2cccc(-c3ncc(-c4ccn(C)n4)c(NCCN4CCS(=O)(=O)CC4)n3)c2)cn1.Cn1cc(-c2cccc(-c3ncc(-c4ccn(C)n4)c(NC[C@@H](O)CO)n3)c2)cn1. The van der Waals surface area contributed by atoms with Gasteiger partial charge in [-0.05, 0) is 89.5 Å². The molecule has 1 atom stereocenters. The predicted molar refractivity (Wildman–Crippen MR) is 481 cm³/mol. The number of hydrogen-bond acceptors (Lipinski definition) is 26. The Labute approximate surface area is 731 Å². The Morgan fingerprint density at radius 3 is 1.08 bits per heavy atom. The number of anilines is 4. The van der Waals surface area contributed by atoms with Crippen LogP contribution < -0.4 is 21.3 Å². The van der Waals surface area contributed by atoms with Gasteiger partial charge in [-0.15, -0.1) is 0 Å². The molecule has 1 aliphatic heterocycles. The van der Waals surface area contributed by atoms with Crippen LogP contribution in [0.5, 0.6) is 0 Å². The second-order valence-electron chi connectivity index (χ2n) is 31.9. The van der Waals surface area contributed by atoms with Crippen molar-refractivity contribution >= 4 is 33.1 Å². The normalized spacial score (nSPS) is 15.4. The first-order valence-electron chi connectivity index (χ1n) is 41.4. The number of aliphatic hydroxyl groups excluding tert-OH is 3. The van der Waals surface area contributed by atoms with E-state index in [-0.39, 0.29) is 55.6 Å². The molecule has 16 aromatic rings. The summed E-state index contributed by atoms with van der Waals surface area (Å²) in [4.78, 5) is 39.7. The molecular formula is C90H97F2N29O5S. The number of aromatic nitrogens is 24. The Bertz CT molecular complexity index is 6600. The van der Waals surface area contributed by atoms with E-state index in [1.165, 1.54) is 0 Å². The van der Waals surface area contributed by atoms with Crippen molar-refractivity contribution in [2.24, 2.45) is 62.3 Å². The zero-order valence-electron chi connectivity index (χ0n) is 71.3. The summed E-state index contributed by atoms with van der Waals surface area (Å²) in [5.41, 5.74) is 17.9. The predicted octanol–water partition coefficient (Wildman–Crippen LogP) is 11.1. The van der Waals surface area contributed by atoms with E-state index >= 15 is 0 Å². The van der Waals surface area contributed by atoms with Crippen molar-refractivity contribution < 1.29 is 32.5 Å². The minimum absolute atomic E-state index is 0.0751. The van der Waals surface area contributed by atoms with E-state index in [9.17, 15) is 27.4 Å². The van der Waals surface area contributed by atoms with Crippen LogP contribution in [0, 0.1) is 5.92 Å². The van der Waals surface area contributed by atoms with Crippen molar-refractivity contribution in [1.29, 1.82) is 0 Å². The molecule has 4 aromatic carbocycles. The number of sulfone groups is 1. The van der Waals surface area contributed by atoms with Gasteiger partial charge in [-0.1, -0.05) is 72.8 Å². The van der Waals surface area contributed by atoms with Gasteiger partial charge in [-0.2, -0.15) is 40.8 Å². The highest BCUT2D eigenvalue weighted by molar-refractivity contribution is 7.91. The fourth-order valence-corrected chi connectivity index (χ4v) is 16.1. The van der Waals surface area contributed by atoms with Crippen LogP contribution in [0.25, 0.3) is 135 Å². The molecule has 127 heavy (non-hydrogen) atoms. The lowest BCUT2D eigenvalue weighted by Crippen LogP contribution is -2.42. The topological polar surface area (TPSA) is 392 Å². The van der Waals surface area contributed by atoms with Gasteiger partial charge in [0.25, 0.3) is 0 Å². The molecule has 1 saturated heterocycles. The Morgan fingerprint density at radius 2 is 0.764 bits per heavy atom. The summed E-state index contributed by atoms with van der Waals surface area (Å²) < 4.78 is 63.9. The molecule has 13 heterocycles. The second-order valence-corrected chi connectivity index (χ2v) is 34.2. The third-order valence-corrected chi connectivity index (χ3v) is 23.4. The van der Waals surface area contributed by atoms with E-state index in [1.807, 2.05) is 240 Å². The fourth-order valence-electron chi connectivity index (χ4n) is 14.9. The van der Waals surface area contributed by atoms with Crippen molar-refractivity contribution in [2.75, 3.05) is 78.6 Å². The molecule has 34 nitrogen and oxygen atoms in total. The third-order valence-electron chi connectivity index (χ3n) is 21.8. The van der Waals surface area contributed by atoms with E-state index in [2.05, 4.69) is 110 Å². The highest BCUT2D eigenvalue weighted by Gasteiger charge is 2.45. The van der Waals surface area contributed by atoms with Crippen molar-refractivity contribution in [3.05, 3.63) is 220 Å².